The van der Waals surface area contributed by atoms with Gasteiger partial charge in [-0.2, -0.15) is 0 Å². The van der Waals surface area contributed by atoms with Gasteiger partial charge in [0.15, 0.2) is 11.5 Å². The van der Waals surface area contributed by atoms with Crippen molar-refractivity contribution < 1.29 is 19.1 Å². The SMILES string of the molecule is O=C(CCc1nc2ccccc2c(=O)[nH]1)NNC(=O)c1ccc2c(c1)OCO2. The zero-order valence-corrected chi connectivity index (χ0v) is 14.7. The van der Waals surface area contributed by atoms with E-state index in [1.54, 1.807) is 36.4 Å². The lowest BCUT2D eigenvalue weighted by Gasteiger charge is -2.08. The largest absolute Gasteiger partial charge is 0.454 e. The number of para-hydroxylation sites is 1. The number of hydrazine groups is 1. The average molecular weight is 380 g/mol. The maximum atomic E-state index is 12.1. The van der Waals surface area contributed by atoms with Crippen molar-refractivity contribution in [2.24, 2.45) is 0 Å². The molecule has 0 unspecified atom stereocenters. The molecule has 0 atom stereocenters. The predicted octanol–water partition coefficient (Wildman–Crippen LogP) is 1.05. The van der Waals surface area contributed by atoms with E-state index < -0.39 is 11.8 Å². The van der Waals surface area contributed by atoms with Crippen LogP contribution in [0.1, 0.15) is 22.6 Å². The van der Waals surface area contributed by atoms with Gasteiger partial charge in [-0.25, -0.2) is 4.98 Å². The van der Waals surface area contributed by atoms with Crippen molar-refractivity contribution in [1.82, 2.24) is 20.8 Å². The minimum atomic E-state index is -0.483. The predicted molar refractivity (Wildman–Crippen MR) is 98.9 cm³/mol. The summed E-state index contributed by atoms with van der Waals surface area (Å²) in [7, 11) is 0. The summed E-state index contributed by atoms with van der Waals surface area (Å²) in [6.07, 6.45) is 0.272. The van der Waals surface area contributed by atoms with Gasteiger partial charge < -0.3 is 14.5 Å². The van der Waals surface area contributed by atoms with Gasteiger partial charge in [-0.1, -0.05) is 12.1 Å². The molecular weight excluding hydrogens is 364 g/mol. The molecule has 0 saturated carbocycles. The normalized spacial score (nSPS) is 12.0. The molecule has 9 heteroatoms. The van der Waals surface area contributed by atoms with Crippen LogP contribution in [0.5, 0.6) is 11.5 Å². The summed E-state index contributed by atoms with van der Waals surface area (Å²) in [5.41, 5.74) is 5.32. The zero-order chi connectivity index (χ0) is 19.5. The molecule has 3 aromatic rings. The van der Waals surface area contributed by atoms with E-state index in [9.17, 15) is 14.4 Å². The van der Waals surface area contributed by atoms with Crippen LogP contribution >= 0.6 is 0 Å². The molecule has 9 nitrogen and oxygen atoms in total. The van der Waals surface area contributed by atoms with E-state index in [0.717, 1.165) is 0 Å². The molecule has 2 aromatic carbocycles. The minimum Gasteiger partial charge on any atom is -0.454 e. The van der Waals surface area contributed by atoms with Crippen molar-refractivity contribution in [3.05, 3.63) is 64.2 Å². The highest BCUT2D eigenvalue weighted by Crippen LogP contribution is 2.32. The lowest BCUT2D eigenvalue weighted by molar-refractivity contribution is -0.121. The lowest BCUT2D eigenvalue weighted by atomic mass is 10.2. The number of hydrogen-bond donors (Lipinski definition) is 3. The van der Waals surface area contributed by atoms with Crippen molar-refractivity contribution in [3.63, 3.8) is 0 Å². The minimum absolute atomic E-state index is 0.0443. The van der Waals surface area contributed by atoms with Gasteiger partial charge in [0.1, 0.15) is 5.82 Å². The van der Waals surface area contributed by atoms with Gasteiger partial charge in [-0.05, 0) is 30.3 Å². The van der Waals surface area contributed by atoms with Gasteiger partial charge in [0, 0.05) is 18.4 Å². The van der Waals surface area contributed by atoms with Gasteiger partial charge in [-0.3, -0.25) is 25.2 Å². The number of aryl methyl sites for hydroxylation is 1. The third kappa shape index (κ3) is 3.63. The molecule has 1 aromatic heterocycles. The molecule has 0 spiro atoms. The monoisotopic (exact) mass is 380 g/mol. The van der Waals surface area contributed by atoms with Gasteiger partial charge in [0.05, 0.1) is 10.9 Å². The number of carbonyl (C=O) groups excluding carboxylic acids is 2. The summed E-state index contributed by atoms with van der Waals surface area (Å²) in [4.78, 5) is 43.2. The van der Waals surface area contributed by atoms with Gasteiger partial charge >= 0.3 is 0 Å². The second kappa shape index (κ2) is 7.39. The van der Waals surface area contributed by atoms with Gasteiger partial charge in [0.25, 0.3) is 11.5 Å². The first-order chi connectivity index (χ1) is 13.6. The Balaban J connectivity index is 1.32. The maximum Gasteiger partial charge on any atom is 0.269 e. The Morgan fingerprint density at radius 3 is 2.79 bits per heavy atom. The molecule has 0 saturated heterocycles. The van der Waals surface area contributed by atoms with E-state index in [4.69, 9.17) is 9.47 Å². The number of nitrogens with zero attached hydrogens (tertiary/aromatic N) is 1. The summed E-state index contributed by atoms with van der Waals surface area (Å²) in [6.45, 7) is 0.113. The Kier molecular flexibility index (Phi) is 4.63. The summed E-state index contributed by atoms with van der Waals surface area (Å²) >= 11 is 0. The first-order valence-electron chi connectivity index (χ1n) is 8.57. The fourth-order valence-electron chi connectivity index (χ4n) is 2.78. The number of aromatic amines is 1. The smallest absolute Gasteiger partial charge is 0.269 e. The van der Waals surface area contributed by atoms with Crippen LogP contribution in [0.25, 0.3) is 10.9 Å². The Labute approximate surface area is 158 Å². The number of aromatic nitrogens is 2. The van der Waals surface area contributed by atoms with Crippen molar-refractivity contribution in [2.45, 2.75) is 12.8 Å². The lowest BCUT2D eigenvalue weighted by Crippen LogP contribution is -2.41. The molecule has 0 fully saturated rings. The summed E-state index contributed by atoms with van der Waals surface area (Å²) in [5, 5.41) is 0.492. The van der Waals surface area contributed by atoms with Crippen LogP contribution in [-0.4, -0.2) is 28.6 Å². The summed E-state index contributed by atoms with van der Waals surface area (Å²) < 4.78 is 10.4. The summed E-state index contributed by atoms with van der Waals surface area (Å²) in [6, 6.07) is 11.7. The molecule has 28 heavy (non-hydrogen) atoms. The highest BCUT2D eigenvalue weighted by atomic mass is 16.7. The van der Waals surface area contributed by atoms with Crippen molar-refractivity contribution in [3.8, 4) is 11.5 Å². The highest BCUT2D eigenvalue weighted by Gasteiger charge is 2.16. The molecule has 0 radical (unpaired) electrons. The third-order valence-corrected chi connectivity index (χ3v) is 4.20. The van der Waals surface area contributed by atoms with Crippen LogP contribution in [-0.2, 0) is 11.2 Å². The Morgan fingerprint density at radius 2 is 1.89 bits per heavy atom. The third-order valence-electron chi connectivity index (χ3n) is 4.20. The first kappa shape index (κ1) is 17.5. The van der Waals surface area contributed by atoms with Crippen LogP contribution in [0.2, 0.25) is 0 Å². The number of nitrogens with one attached hydrogen (secondary N) is 3. The van der Waals surface area contributed by atoms with Crippen molar-refractivity contribution in [2.75, 3.05) is 6.79 Å². The van der Waals surface area contributed by atoms with E-state index in [0.29, 0.717) is 33.8 Å². The molecule has 1 aliphatic rings. The molecule has 1 aliphatic heterocycles. The second-order valence-corrected chi connectivity index (χ2v) is 6.10. The topological polar surface area (TPSA) is 122 Å². The molecule has 0 aliphatic carbocycles. The van der Waals surface area contributed by atoms with Crippen LogP contribution in [0.15, 0.2) is 47.3 Å². The second-order valence-electron chi connectivity index (χ2n) is 6.10. The fraction of sp³-hybridized carbons (Fsp3) is 0.158. The number of amides is 2. The molecule has 0 bridgehead atoms. The highest BCUT2D eigenvalue weighted by molar-refractivity contribution is 5.96. The van der Waals surface area contributed by atoms with Crippen LogP contribution in [0, 0.1) is 0 Å². The number of benzene rings is 2. The average Bonchev–Trinajstić information content (AvgIpc) is 3.18. The molecule has 2 heterocycles. The van der Waals surface area contributed by atoms with Crippen LogP contribution < -0.4 is 25.9 Å². The van der Waals surface area contributed by atoms with Crippen LogP contribution in [0.4, 0.5) is 0 Å². The van der Waals surface area contributed by atoms with Crippen molar-refractivity contribution in [1.29, 1.82) is 0 Å². The van der Waals surface area contributed by atoms with Gasteiger partial charge in [0.2, 0.25) is 12.7 Å². The van der Waals surface area contributed by atoms with E-state index >= 15 is 0 Å². The fourth-order valence-corrected chi connectivity index (χ4v) is 2.78. The Hall–Kier alpha value is -3.88. The number of ether oxygens (including phenoxy) is 2. The van der Waals surface area contributed by atoms with Gasteiger partial charge in [-0.15, -0.1) is 0 Å². The number of rotatable bonds is 4. The number of carbonyl (C=O) groups is 2. The molecule has 2 amide bonds. The number of fused-ring (bicyclic) bond motifs is 2. The quantitative estimate of drug-likeness (QED) is 0.582. The maximum absolute atomic E-state index is 12.1. The molecular formula is C19H16N4O5. The van der Waals surface area contributed by atoms with Crippen molar-refractivity contribution >= 4 is 22.7 Å². The van der Waals surface area contributed by atoms with E-state index in [2.05, 4.69) is 20.8 Å². The molecule has 142 valence electrons. The van der Waals surface area contributed by atoms with Crippen LogP contribution in [0.3, 0.4) is 0 Å². The molecule has 3 N–H and O–H groups in total. The van der Waals surface area contributed by atoms with E-state index in [1.807, 2.05) is 0 Å². The number of H-pyrrole nitrogens is 1. The summed E-state index contributed by atoms with van der Waals surface area (Å²) in [5.74, 6) is 0.553. The van der Waals surface area contributed by atoms with E-state index in [-0.39, 0.29) is 25.2 Å². The number of hydrogen-bond acceptors (Lipinski definition) is 6. The Bertz CT molecular complexity index is 1120. The van der Waals surface area contributed by atoms with E-state index in [1.165, 1.54) is 6.07 Å². The Morgan fingerprint density at radius 1 is 1.07 bits per heavy atom. The standard InChI is InChI=1S/C19H16N4O5/c24-17(8-7-16-20-13-4-2-1-3-12(13)19(26)21-16)22-23-18(25)11-5-6-14-15(9-11)28-10-27-14/h1-6,9H,7-8,10H2,(H,22,24)(H,23,25)(H,20,21,26). The first-order valence-corrected chi connectivity index (χ1v) is 8.57. The zero-order valence-electron chi connectivity index (χ0n) is 14.7. The molecule has 4 rings (SSSR count).